The second kappa shape index (κ2) is 5.98. The van der Waals surface area contributed by atoms with Gasteiger partial charge in [0.1, 0.15) is 10.6 Å². The molecular weight excluding hydrogens is 348 g/mol. The van der Waals surface area contributed by atoms with Gasteiger partial charge in [-0.1, -0.05) is 0 Å². The molecule has 0 fully saturated rings. The van der Waals surface area contributed by atoms with E-state index in [1.54, 1.807) is 14.0 Å². The molecule has 3 aromatic rings. The minimum absolute atomic E-state index is 0.0862. The Hall–Kier alpha value is -3.27. The highest BCUT2D eigenvalue weighted by molar-refractivity contribution is 7.20. The highest BCUT2D eigenvalue weighted by Crippen LogP contribution is 2.31. The van der Waals surface area contributed by atoms with Crippen molar-refractivity contribution in [3.63, 3.8) is 0 Å². The summed E-state index contributed by atoms with van der Waals surface area (Å²) < 4.78 is 1.32. The van der Waals surface area contributed by atoms with Crippen molar-refractivity contribution < 1.29 is 14.8 Å². The maximum absolute atomic E-state index is 12.5. The molecular formula is C15H12N4O5S. The number of non-ortho nitro benzene ring substituents is 1. The molecule has 3 rings (SSSR count). The monoisotopic (exact) mass is 360 g/mol. The number of hydrogen-bond acceptors (Lipinski definition) is 7. The molecule has 1 aromatic carbocycles. The van der Waals surface area contributed by atoms with Crippen LogP contribution in [0.3, 0.4) is 0 Å². The summed E-state index contributed by atoms with van der Waals surface area (Å²) in [6.45, 7) is 1.63. The van der Waals surface area contributed by atoms with Crippen molar-refractivity contribution in [1.82, 2.24) is 9.55 Å². The first-order valence-electron chi connectivity index (χ1n) is 7.03. The quantitative estimate of drug-likeness (QED) is 0.418. The van der Waals surface area contributed by atoms with E-state index in [2.05, 4.69) is 10.3 Å². The molecule has 2 aromatic heterocycles. The Bertz CT molecular complexity index is 1090. The second-order valence-corrected chi connectivity index (χ2v) is 6.31. The molecule has 10 heteroatoms. The first kappa shape index (κ1) is 16.6. The lowest BCUT2D eigenvalue weighted by Crippen LogP contribution is -2.17. The van der Waals surface area contributed by atoms with Crippen molar-refractivity contribution in [1.29, 1.82) is 0 Å². The number of rotatable bonds is 3. The predicted octanol–water partition coefficient (Wildman–Crippen LogP) is 2.17. The Morgan fingerprint density at radius 1 is 1.44 bits per heavy atom. The number of benzene rings is 1. The van der Waals surface area contributed by atoms with Crippen molar-refractivity contribution in [2.45, 2.75) is 6.92 Å². The number of aryl methyl sites for hydroxylation is 2. The van der Waals surface area contributed by atoms with Gasteiger partial charge >= 0.3 is 0 Å². The van der Waals surface area contributed by atoms with Crippen molar-refractivity contribution >= 4 is 38.8 Å². The summed E-state index contributed by atoms with van der Waals surface area (Å²) >= 11 is 1.04. The molecule has 0 saturated carbocycles. The van der Waals surface area contributed by atoms with Crippen LogP contribution < -0.4 is 10.9 Å². The van der Waals surface area contributed by atoms with Crippen LogP contribution in [0.15, 0.2) is 29.3 Å². The summed E-state index contributed by atoms with van der Waals surface area (Å²) in [5, 5.41) is 23.4. The zero-order chi connectivity index (χ0) is 18.3. The summed E-state index contributed by atoms with van der Waals surface area (Å²) in [6.07, 6.45) is 1.37. The van der Waals surface area contributed by atoms with Gasteiger partial charge in [-0.2, -0.15) is 0 Å². The van der Waals surface area contributed by atoms with Crippen LogP contribution in [0.25, 0.3) is 10.2 Å². The van der Waals surface area contributed by atoms with E-state index in [4.69, 9.17) is 0 Å². The maximum atomic E-state index is 12.5. The normalized spacial score (nSPS) is 10.8. The molecule has 0 aliphatic carbocycles. The number of aromatic hydroxyl groups is 1. The average molecular weight is 360 g/mol. The Balaban J connectivity index is 2.03. The molecule has 1 amide bonds. The molecule has 0 bridgehead atoms. The number of nitrogens with zero attached hydrogens (tertiary/aromatic N) is 3. The summed E-state index contributed by atoms with van der Waals surface area (Å²) in [6, 6.07) is 3.32. The largest absolute Gasteiger partial charge is 0.506 e. The Labute approximate surface area is 144 Å². The molecule has 0 spiro atoms. The number of hydrogen-bond donors (Lipinski definition) is 2. The number of nitrogens with one attached hydrogen (secondary N) is 1. The van der Waals surface area contributed by atoms with Crippen molar-refractivity contribution in [3.8, 4) is 5.75 Å². The van der Waals surface area contributed by atoms with Crippen molar-refractivity contribution in [2.24, 2.45) is 7.05 Å². The van der Waals surface area contributed by atoms with E-state index >= 15 is 0 Å². The summed E-state index contributed by atoms with van der Waals surface area (Å²) in [5.41, 5.74) is -0.152. The smallest absolute Gasteiger partial charge is 0.271 e. The molecule has 0 radical (unpaired) electrons. The van der Waals surface area contributed by atoms with Gasteiger partial charge in [0.25, 0.3) is 17.2 Å². The average Bonchev–Trinajstić information content (AvgIpc) is 2.90. The predicted molar refractivity (Wildman–Crippen MR) is 92.3 cm³/mol. The molecule has 128 valence electrons. The minimum Gasteiger partial charge on any atom is -0.506 e. The van der Waals surface area contributed by atoms with Crippen LogP contribution in [-0.4, -0.2) is 25.5 Å². The number of nitro groups is 1. The number of anilines is 1. The van der Waals surface area contributed by atoms with Gasteiger partial charge in [0.2, 0.25) is 0 Å². The van der Waals surface area contributed by atoms with Crippen LogP contribution in [0.5, 0.6) is 5.75 Å². The first-order valence-corrected chi connectivity index (χ1v) is 7.84. The highest BCUT2D eigenvalue weighted by atomic mass is 32.1. The van der Waals surface area contributed by atoms with Gasteiger partial charge in [0, 0.05) is 19.2 Å². The van der Waals surface area contributed by atoms with E-state index in [0.29, 0.717) is 15.8 Å². The summed E-state index contributed by atoms with van der Waals surface area (Å²) in [7, 11) is 1.56. The number of phenols is 1. The van der Waals surface area contributed by atoms with Gasteiger partial charge < -0.3 is 15.0 Å². The van der Waals surface area contributed by atoms with E-state index in [1.165, 1.54) is 10.9 Å². The fourth-order valence-electron chi connectivity index (χ4n) is 2.34. The number of phenolic OH excluding ortho intramolecular Hbond substituents is 1. The molecule has 0 aliphatic heterocycles. The van der Waals surface area contributed by atoms with Crippen LogP contribution in [0.4, 0.5) is 11.4 Å². The summed E-state index contributed by atoms with van der Waals surface area (Å²) in [4.78, 5) is 39.7. The van der Waals surface area contributed by atoms with Crippen LogP contribution in [-0.2, 0) is 7.05 Å². The number of aromatic nitrogens is 2. The first-order chi connectivity index (χ1) is 11.8. The lowest BCUT2D eigenvalue weighted by molar-refractivity contribution is -0.384. The molecule has 0 atom stereocenters. The van der Waals surface area contributed by atoms with Gasteiger partial charge in [-0.3, -0.25) is 19.7 Å². The number of carbonyl (C=O) groups excluding carboxylic acids is 1. The van der Waals surface area contributed by atoms with Crippen molar-refractivity contribution in [3.05, 3.63) is 55.4 Å². The SMILES string of the molecule is Cc1c(C(=O)Nc2cc([N+](=O)[O-])ccc2O)sc2ncn(C)c(=O)c12. The van der Waals surface area contributed by atoms with E-state index in [1.807, 2.05) is 0 Å². The Morgan fingerprint density at radius 2 is 2.16 bits per heavy atom. The third-order valence-corrected chi connectivity index (χ3v) is 4.85. The lowest BCUT2D eigenvalue weighted by Gasteiger charge is -2.06. The Morgan fingerprint density at radius 3 is 2.84 bits per heavy atom. The number of carbonyl (C=O) groups is 1. The third kappa shape index (κ3) is 2.83. The second-order valence-electron chi connectivity index (χ2n) is 5.31. The lowest BCUT2D eigenvalue weighted by atomic mass is 10.2. The van der Waals surface area contributed by atoms with E-state index in [9.17, 15) is 24.8 Å². The van der Waals surface area contributed by atoms with Gasteiger partial charge in [-0.25, -0.2) is 4.98 Å². The molecule has 0 aliphatic rings. The van der Waals surface area contributed by atoms with Crippen LogP contribution >= 0.6 is 11.3 Å². The molecule has 2 heterocycles. The molecule has 0 saturated heterocycles. The number of fused-ring (bicyclic) bond motifs is 1. The van der Waals surface area contributed by atoms with E-state index < -0.39 is 10.8 Å². The molecule has 0 unspecified atom stereocenters. The minimum atomic E-state index is -0.632. The van der Waals surface area contributed by atoms with E-state index in [-0.39, 0.29) is 27.6 Å². The topological polar surface area (TPSA) is 127 Å². The van der Waals surface area contributed by atoms with Crippen LogP contribution in [0.1, 0.15) is 15.2 Å². The number of amides is 1. The van der Waals surface area contributed by atoms with Crippen molar-refractivity contribution in [2.75, 3.05) is 5.32 Å². The van der Waals surface area contributed by atoms with Crippen LogP contribution in [0.2, 0.25) is 0 Å². The third-order valence-electron chi connectivity index (χ3n) is 3.66. The number of nitro benzene ring substituents is 1. The molecule has 2 N–H and O–H groups in total. The van der Waals surface area contributed by atoms with Gasteiger partial charge in [-0.15, -0.1) is 11.3 Å². The van der Waals surface area contributed by atoms with Gasteiger partial charge in [0.05, 0.1) is 27.2 Å². The maximum Gasteiger partial charge on any atom is 0.271 e. The van der Waals surface area contributed by atoms with E-state index in [0.717, 1.165) is 29.5 Å². The fraction of sp³-hybridized carbons (Fsp3) is 0.133. The zero-order valence-corrected chi connectivity index (χ0v) is 14.0. The molecule has 25 heavy (non-hydrogen) atoms. The van der Waals surface area contributed by atoms with Gasteiger partial charge in [0.15, 0.2) is 0 Å². The fourth-order valence-corrected chi connectivity index (χ4v) is 3.38. The summed E-state index contributed by atoms with van der Waals surface area (Å²) in [5.74, 6) is -0.884. The van der Waals surface area contributed by atoms with Crippen LogP contribution in [0, 0.1) is 17.0 Å². The zero-order valence-electron chi connectivity index (χ0n) is 13.1. The highest BCUT2D eigenvalue weighted by Gasteiger charge is 2.20. The van der Waals surface area contributed by atoms with Gasteiger partial charge in [-0.05, 0) is 18.6 Å². The molecule has 9 nitrogen and oxygen atoms in total. The standard InChI is InChI=1S/C15H12N4O5S/c1-7-11-14(16-6-18(2)15(11)22)25-12(7)13(21)17-9-5-8(19(23)24)3-4-10(9)20/h3-6,20H,1-2H3,(H,17,21). The Kier molecular flexibility index (Phi) is 3.97. The number of thiophene rings is 1.